The van der Waals surface area contributed by atoms with Crippen molar-refractivity contribution < 1.29 is 0 Å². The van der Waals surface area contributed by atoms with Gasteiger partial charge in [-0.05, 0) is 12.8 Å². The van der Waals surface area contributed by atoms with Crippen LogP contribution in [0.3, 0.4) is 0 Å². The molecule has 0 rings (SSSR count). The lowest BCUT2D eigenvalue weighted by atomic mass is 10.1. The number of hydrogen-bond donors (Lipinski definition) is 0. The van der Waals surface area contributed by atoms with Crippen LogP contribution in [0.1, 0.15) is 45.4 Å². The predicted octanol–water partition coefficient (Wildman–Crippen LogP) is 2.96. The molecule has 10 heavy (non-hydrogen) atoms. The monoisotopic (exact) mass is 158 g/mol. The second-order valence-electron chi connectivity index (χ2n) is 2.59. The molecule has 0 amide bonds. The summed E-state index contributed by atoms with van der Waals surface area (Å²) in [5.41, 5.74) is 6.99. The molecule has 1 radical (unpaired) electrons. The predicted molar refractivity (Wildman–Crippen MR) is 49.1 cm³/mol. The average Bonchev–Trinajstić information content (AvgIpc) is 1.87. The van der Waals surface area contributed by atoms with Crippen LogP contribution in [-0.2, 0) is 0 Å². The highest BCUT2D eigenvalue weighted by molar-refractivity contribution is 7.80. The van der Waals surface area contributed by atoms with Gasteiger partial charge in [0.05, 0.1) is 4.99 Å². The molecule has 0 spiro atoms. The van der Waals surface area contributed by atoms with Crippen molar-refractivity contribution in [2.24, 2.45) is 0 Å². The Morgan fingerprint density at radius 1 is 1.20 bits per heavy atom. The zero-order chi connectivity index (χ0) is 7.82. The second-order valence-corrected chi connectivity index (χ2v) is 3.08. The van der Waals surface area contributed by atoms with Crippen LogP contribution < -0.4 is 5.73 Å². The lowest BCUT2D eigenvalue weighted by Crippen LogP contribution is -1.92. The fraction of sp³-hybridized carbons (Fsp3) is 0.875. The zero-order valence-corrected chi connectivity index (χ0v) is 7.47. The number of unbranched alkanes of at least 4 members (excludes halogenated alkanes) is 4. The first kappa shape index (κ1) is 9.89. The van der Waals surface area contributed by atoms with Crippen LogP contribution in [0, 0.1) is 0 Å². The van der Waals surface area contributed by atoms with Crippen molar-refractivity contribution in [3.05, 3.63) is 0 Å². The van der Waals surface area contributed by atoms with E-state index in [-0.39, 0.29) is 0 Å². The Morgan fingerprint density at radius 3 is 2.30 bits per heavy atom. The molecule has 0 unspecified atom stereocenters. The van der Waals surface area contributed by atoms with Crippen LogP contribution in [0.2, 0.25) is 0 Å². The number of thiocarbonyl (C=S) groups is 1. The minimum atomic E-state index is 0.413. The van der Waals surface area contributed by atoms with Crippen molar-refractivity contribution in [2.45, 2.75) is 45.4 Å². The quantitative estimate of drug-likeness (QED) is 0.430. The summed E-state index contributed by atoms with van der Waals surface area (Å²) >= 11 is 4.64. The van der Waals surface area contributed by atoms with E-state index in [2.05, 4.69) is 19.1 Å². The van der Waals surface area contributed by atoms with Gasteiger partial charge in [-0.2, -0.15) is 0 Å². The maximum absolute atomic E-state index is 6.99. The molecule has 1 nitrogen and oxygen atoms in total. The lowest BCUT2D eigenvalue weighted by Gasteiger charge is -1.96. The molecule has 0 aromatic rings. The summed E-state index contributed by atoms with van der Waals surface area (Å²) in [6.07, 6.45) is 7.09. The van der Waals surface area contributed by atoms with Crippen LogP contribution in [0.4, 0.5) is 0 Å². The Hall–Kier alpha value is -0.110. The Morgan fingerprint density at radius 2 is 1.80 bits per heavy atom. The molecule has 0 heterocycles. The van der Waals surface area contributed by atoms with Crippen molar-refractivity contribution in [1.82, 2.24) is 5.73 Å². The van der Waals surface area contributed by atoms with Gasteiger partial charge in [0.15, 0.2) is 0 Å². The van der Waals surface area contributed by atoms with Crippen LogP contribution in [0.5, 0.6) is 0 Å². The molecule has 0 saturated heterocycles. The van der Waals surface area contributed by atoms with Gasteiger partial charge < -0.3 is 0 Å². The summed E-state index contributed by atoms with van der Waals surface area (Å²) in [6, 6.07) is 0. The number of rotatable bonds is 6. The van der Waals surface area contributed by atoms with Gasteiger partial charge in [0, 0.05) is 0 Å². The first-order chi connectivity index (χ1) is 4.77. The molecule has 0 aliphatic heterocycles. The first-order valence-corrected chi connectivity index (χ1v) is 4.42. The number of nitrogens with one attached hydrogen (secondary N) is 1. The largest absolute Gasteiger partial charge is 0.294 e. The van der Waals surface area contributed by atoms with E-state index in [1.165, 1.54) is 25.7 Å². The molecular formula is C8H16NS. The Bertz CT molecular complexity index is 91.3. The van der Waals surface area contributed by atoms with Crippen molar-refractivity contribution >= 4 is 17.2 Å². The summed E-state index contributed by atoms with van der Waals surface area (Å²) in [5.74, 6) is 0. The maximum Gasteiger partial charge on any atom is 0.0939 e. The van der Waals surface area contributed by atoms with Crippen molar-refractivity contribution in [3.63, 3.8) is 0 Å². The molecule has 59 valence electrons. The molecule has 0 fully saturated rings. The van der Waals surface area contributed by atoms with E-state index in [0.717, 1.165) is 12.8 Å². The highest BCUT2D eigenvalue weighted by Gasteiger charge is 1.90. The third-order valence-corrected chi connectivity index (χ3v) is 1.71. The molecular weight excluding hydrogens is 142 g/mol. The van der Waals surface area contributed by atoms with E-state index >= 15 is 0 Å². The third-order valence-electron chi connectivity index (χ3n) is 1.51. The maximum atomic E-state index is 6.99. The van der Waals surface area contributed by atoms with E-state index in [0.29, 0.717) is 4.99 Å². The van der Waals surface area contributed by atoms with Crippen molar-refractivity contribution in [3.8, 4) is 0 Å². The van der Waals surface area contributed by atoms with Gasteiger partial charge in [-0.1, -0.05) is 44.8 Å². The fourth-order valence-corrected chi connectivity index (χ4v) is 1.03. The number of hydrogen-bond acceptors (Lipinski definition) is 1. The van der Waals surface area contributed by atoms with Gasteiger partial charge in [-0.3, -0.25) is 5.73 Å². The minimum absolute atomic E-state index is 0.413. The first-order valence-electron chi connectivity index (χ1n) is 4.01. The van der Waals surface area contributed by atoms with Crippen LogP contribution in [-0.4, -0.2) is 4.99 Å². The highest BCUT2D eigenvalue weighted by atomic mass is 32.1. The molecule has 0 aromatic carbocycles. The Kier molecular flexibility index (Phi) is 6.93. The Labute approximate surface area is 69.0 Å². The standard InChI is InChI=1S/C8H16NS/c1-2-3-4-5-6-7-8(9)10/h9H,2-7H2,1H3. The SMILES string of the molecule is CCCCCCCC([NH])=S. The van der Waals surface area contributed by atoms with Gasteiger partial charge in [-0.15, -0.1) is 0 Å². The summed E-state index contributed by atoms with van der Waals surface area (Å²) in [4.78, 5) is 0.413. The normalized spacial score (nSPS) is 9.70. The smallest absolute Gasteiger partial charge is 0.0939 e. The van der Waals surface area contributed by atoms with E-state index in [4.69, 9.17) is 5.73 Å². The second kappa shape index (κ2) is 7.00. The van der Waals surface area contributed by atoms with Crippen molar-refractivity contribution in [2.75, 3.05) is 0 Å². The molecule has 0 saturated carbocycles. The van der Waals surface area contributed by atoms with E-state index in [9.17, 15) is 0 Å². The molecule has 0 aliphatic carbocycles. The van der Waals surface area contributed by atoms with E-state index < -0.39 is 0 Å². The van der Waals surface area contributed by atoms with Crippen LogP contribution >= 0.6 is 12.2 Å². The minimum Gasteiger partial charge on any atom is -0.294 e. The molecule has 0 aromatic heterocycles. The Balaban J connectivity index is 2.84. The van der Waals surface area contributed by atoms with Crippen LogP contribution in [0.15, 0.2) is 0 Å². The van der Waals surface area contributed by atoms with Gasteiger partial charge >= 0.3 is 0 Å². The average molecular weight is 158 g/mol. The van der Waals surface area contributed by atoms with E-state index in [1.54, 1.807) is 0 Å². The van der Waals surface area contributed by atoms with Gasteiger partial charge in [0.2, 0.25) is 0 Å². The van der Waals surface area contributed by atoms with Crippen LogP contribution in [0.25, 0.3) is 0 Å². The van der Waals surface area contributed by atoms with E-state index in [1.807, 2.05) is 0 Å². The summed E-state index contributed by atoms with van der Waals surface area (Å²) in [6.45, 7) is 2.20. The topological polar surface area (TPSA) is 23.8 Å². The summed E-state index contributed by atoms with van der Waals surface area (Å²) in [5, 5.41) is 0. The summed E-state index contributed by atoms with van der Waals surface area (Å²) in [7, 11) is 0. The van der Waals surface area contributed by atoms with Gasteiger partial charge in [-0.25, -0.2) is 0 Å². The van der Waals surface area contributed by atoms with Gasteiger partial charge in [0.25, 0.3) is 0 Å². The molecule has 0 aliphatic rings. The highest BCUT2D eigenvalue weighted by Crippen LogP contribution is 2.04. The molecule has 1 N–H and O–H groups in total. The van der Waals surface area contributed by atoms with Gasteiger partial charge in [0.1, 0.15) is 0 Å². The molecule has 0 bridgehead atoms. The lowest BCUT2D eigenvalue weighted by molar-refractivity contribution is 0.643. The summed E-state index contributed by atoms with van der Waals surface area (Å²) < 4.78 is 0. The molecule has 0 atom stereocenters. The molecule has 2 heteroatoms. The third kappa shape index (κ3) is 7.89. The fourth-order valence-electron chi connectivity index (χ4n) is 0.889. The van der Waals surface area contributed by atoms with Crippen molar-refractivity contribution in [1.29, 1.82) is 0 Å². The zero-order valence-electron chi connectivity index (χ0n) is 6.65.